The highest BCUT2D eigenvalue weighted by Crippen LogP contribution is 2.16. The van der Waals surface area contributed by atoms with Gasteiger partial charge in [0.05, 0.1) is 12.3 Å². The molecule has 1 rings (SSSR count). The summed E-state index contributed by atoms with van der Waals surface area (Å²) in [4.78, 5) is 11.2. The number of carbonyl (C=O) groups excluding carboxylic acids is 1. The molecule has 0 saturated heterocycles. The van der Waals surface area contributed by atoms with Crippen molar-refractivity contribution in [1.82, 2.24) is 0 Å². The Bertz CT molecular complexity index is 358. The average molecular weight is 205 g/mol. The van der Waals surface area contributed by atoms with E-state index in [0.29, 0.717) is 6.61 Å². The van der Waals surface area contributed by atoms with Gasteiger partial charge in [-0.1, -0.05) is 30.4 Å². The Kier molecular flexibility index (Phi) is 4.41. The monoisotopic (exact) mass is 205 g/mol. The fraction of sp³-hybridized carbons (Fsp3) is 0.250. The van der Waals surface area contributed by atoms with Crippen LogP contribution in [-0.4, -0.2) is 12.7 Å². The summed E-state index contributed by atoms with van der Waals surface area (Å²) in [6, 6.07) is 7.56. The number of amides is 1. The largest absolute Gasteiger partial charge is 0.450 e. The maximum Gasteiger partial charge on any atom is 0.411 e. The molecule has 0 bridgehead atoms. The fourth-order valence-electron chi connectivity index (χ4n) is 1.21. The first-order chi connectivity index (χ1) is 7.27. The number of benzene rings is 1. The Morgan fingerprint density at radius 3 is 2.87 bits per heavy atom. The Labute approximate surface area is 89.8 Å². The third-order valence-electron chi connectivity index (χ3n) is 1.82. The Morgan fingerprint density at radius 2 is 2.20 bits per heavy atom. The lowest BCUT2D eigenvalue weighted by atomic mass is 10.1. The van der Waals surface area contributed by atoms with E-state index in [-0.39, 0.29) is 0 Å². The van der Waals surface area contributed by atoms with Crippen LogP contribution in [0.4, 0.5) is 10.5 Å². The molecule has 1 aromatic rings. The van der Waals surface area contributed by atoms with Gasteiger partial charge in [0.2, 0.25) is 0 Å². The second kappa shape index (κ2) is 5.86. The fourth-order valence-corrected chi connectivity index (χ4v) is 1.21. The molecule has 0 unspecified atom stereocenters. The minimum absolute atomic E-state index is 0.373. The van der Waals surface area contributed by atoms with Crippen molar-refractivity contribution in [2.24, 2.45) is 0 Å². The Morgan fingerprint density at radius 1 is 1.47 bits per heavy atom. The smallest absolute Gasteiger partial charge is 0.411 e. The zero-order chi connectivity index (χ0) is 11.1. The first kappa shape index (κ1) is 11.3. The van der Waals surface area contributed by atoms with Crippen LogP contribution in [0, 0.1) is 0 Å². The van der Waals surface area contributed by atoms with Gasteiger partial charge in [-0.3, -0.25) is 5.32 Å². The van der Waals surface area contributed by atoms with Crippen molar-refractivity contribution in [2.45, 2.75) is 13.8 Å². The summed E-state index contributed by atoms with van der Waals surface area (Å²) in [5, 5.41) is 2.68. The molecular weight excluding hydrogens is 190 g/mol. The van der Waals surface area contributed by atoms with Crippen LogP contribution in [0.5, 0.6) is 0 Å². The molecule has 1 aromatic carbocycles. The molecule has 0 aliphatic carbocycles. The zero-order valence-electron chi connectivity index (χ0n) is 8.99. The molecule has 80 valence electrons. The van der Waals surface area contributed by atoms with E-state index in [1.165, 1.54) is 0 Å². The van der Waals surface area contributed by atoms with E-state index in [2.05, 4.69) is 5.32 Å². The minimum Gasteiger partial charge on any atom is -0.450 e. The molecule has 0 heterocycles. The third-order valence-corrected chi connectivity index (χ3v) is 1.82. The molecule has 3 heteroatoms. The summed E-state index contributed by atoms with van der Waals surface area (Å²) >= 11 is 0. The highest BCUT2D eigenvalue weighted by molar-refractivity contribution is 5.87. The Balaban J connectivity index is 2.79. The first-order valence-corrected chi connectivity index (χ1v) is 4.93. The van der Waals surface area contributed by atoms with E-state index in [1.807, 2.05) is 43.3 Å². The maximum absolute atomic E-state index is 11.2. The number of carbonyl (C=O) groups is 1. The molecule has 0 saturated carbocycles. The van der Waals surface area contributed by atoms with Gasteiger partial charge in [-0.25, -0.2) is 4.79 Å². The lowest BCUT2D eigenvalue weighted by molar-refractivity contribution is 0.168. The van der Waals surface area contributed by atoms with Crippen molar-refractivity contribution in [1.29, 1.82) is 0 Å². The van der Waals surface area contributed by atoms with Crippen LogP contribution in [0.15, 0.2) is 30.3 Å². The molecule has 3 nitrogen and oxygen atoms in total. The number of anilines is 1. The molecule has 0 radical (unpaired) electrons. The zero-order valence-corrected chi connectivity index (χ0v) is 8.99. The number of para-hydroxylation sites is 1. The van der Waals surface area contributed by atoms with Crippen LogP contribution in [0.3, 0.4) is 0 Å². The van der Waals surface area contributed by atoms with Gasteiger partial charge in [-0.2, -0.15) is 0 Å². The number of hydrogen-bond acceptors (Lipinski definition) is 2. The normalized spacial score (nSPS) is 10.3. The van der Waals surface area contributed by atoms with E-state index < -0.39 is 6.09 Å². The van der Waals surface area contributed by atoms with Crippen molar-refractivity contribution in [3.05, 3.63) is 35.9 Å². The molecule has 0 spiro atoms. The molecule has 0 aliphatic rings. The number of rotatable bonds is 3. The van der Waals surface area contributed by atoms with Crippen molar-refractivity contribution < 1.29 is 9.53 Å². The summed E-state index contributed by atoms with van der Waals surface area (Å²) in [5.41, 5.74) is 1.72. The standard InChI is InChI=1S/C12H15NO2/c1-3-7-10-8-5-6-9-11(10)13-12(14)15-4-2/h3,5-9H,4H2,1-2H3,(H,13,14)/b7-3+. The SMILES string of the molecule is C/C=C/c1ccccc1NC(=O)OCC. The van der Waals surface area contributed by atoms with E-state index in [1.54, 1.807) is 6.92 Å². The number of hydrogen-bond donors (Lipinski definition) is 1. The van der Waals surface area contributed by atoms with Crippen molar-refractivity contribution in [3.8, 4) is 0 Å². The first-order valence-electron chi connectivity index (χ1n) is 4.93. The lowest BCUT2D eigenvalue weighted by Gasteiger charge is -2.07. The lowest BCUT2D eigenvalue weighted by Crippen LogP contribution is -2.13. The molecule has 0 aromatic heterocycles. The van der Waals surface area contributed by atoms with Crippen LogP contribution in [0.25, 0.3) is 6.08 Å². The second-order valence-corrected chi connectivity index (χ2v) is 2.93. The highest BCUT2D eigenvalue weighted by atomic mass is 16.5. The molecule has 0 fully saturated rings. The molecule has 15 heavy (non-hydrogen) atoms. The van der Waals surface area contributed by atoms with Crippen molar-refractivity contribution >= 4 is 17.9 Å². The molecular formula is C12H15NO2. The predicted molar refractivity (Wildman–Crippen MR) is 61.8 cm³/mol. The van der Waals surface area contributed by atoms with Crippen LogP contribution < -0.4 is 5.32 Å². The molecule has 1 N–H and O–H groups in total. The highest BCUT2D eigenvalue weighted by Gasteiger charge is 2.03. The topological polar surface area (TPSA) is 38.3 Å². The van der Waals surface area contributed by atoms with Crippen molar-refractivity contribution in [3.63, 3.8) is 0 Å². The Hall–Kier alpha value is -1.77. The summed E-state index contributed by atoms with van der Waals surface area (Å²) in [5.74, 6) is 0. The van der Waals surface area contributed by atoms with Gasteiger partial charge < -0.3 is 4.74 Å². The summed E-state index contributed by atoms with van der Waals surface area (Å²) in [6.45, 7) is 4.08. The van der Waals surface area contributed by atoms with Gasteiger partial charge in [-0.05, 0) is 25.5 Å². The average Bonchev–Trinajstić information content (AvgIpc) is 2.21. The second-order valence-electron chi connectivity index (χ2n) is 2.93. The predicted octanol–water partition coefficient (Wildman–Crippen LogP) is 3.29. The van der Waals surface area contributed by atoms with Gasteiger partial charge in [0, 0.05) is 0 Å². The summed E-state index contributed by atoms with van der Waals surface area (Å²) in [7, 11) is 0. The van der Waals surface area contributed by atoms with Crippen LogP contribution in [-0.2, 0) is 4.74 Å². The van der Waals surface area contributed by atoms with E-state index >= 15 is 0 Å². The quantitative estimate of drug-likeness (QED) is 0.822. The van der Waals surface area contributed by atoms with Crippen LogP contribution in [0.1, 0.15) is 19.4 Å². The number of ether oxygens (including phenoxy) is 1. The summed E-state index contributed by atoms with van der Waals surface area (Å²) < 4.78 is 4.80. The van der Waals surface area contributed by atoms with Gasteiger partial charge in [-0.15, -0.1) is 0 Å². The molecule has 1 amide bonds. The van der Waals surface area contributed by atoms with E-state index in [0.717, 1.165) is 11.3 Å². The summed E-state index contributed by atoms with van der Waals surface area (Å²) in [6.07, 6.45) is 3.43. The van der Waals surface area contributed by atoms with Crippen molar-refractivity contribution in [2.75, 3.05) is 11.9 Å². The van der Waals surface area contributed by atoms with Gasteiger partial charge in [0.25, 0.3) is 0 Å². The number of allylic oxidation sites excluding steroid dienone is 1. The van der Waals surface area contributed by atoms with Crippen LogP contribution >= 0.6 is 0 Å². The van der Waals surface area contributed by atoms with Crippen LogP contribution in [0.2, 0.25) is 0 Å². The van der Waals surface area contributed by atoms with E-state index in [4.69, 9.17) is 4.74 Å². The van der Waals surface area contributed by atoms with Gasteiger partial charge >= 0.3 is 6.09 Å². The molecule has 0 aliphatic heterocycles. The van der Waals surface area contributed by atoms with E-state index in [9.17, 15) is 4.79 Å². The molecule has 0 atom stereocenters. The minimum atomic E-state index is -0.422. The van der Waals surface area contributed by atoms with Gasteiger partial charge in [0.1, 0.15) is 0 Å². The maximum atomic E-state index is 11.2. The third kappa shape index (κ3) is 3.46. The number of nitrogens with one attached hydrogen (secondary N) is 1. The van der Waals surface area contributed by atoms with Gasteiger partial charge in [0.15, 0.2) is 0 Å².